The minimum atomic E-state index is -2.91. The molecule has 3 unspecified atom stereocenters. The Labute approximate surface area is 161 Å². The van der Waals surface area contributed by atoms with E-state index in [1.807, 2.05) is 0 Å². The van der Waals surface area contributed by atoms with Crippen LogP contribution in [0.1, 0.15) is 30.8 Å². The molecular weight excluding hydrogens is 368 g/mol. The summed E-state index contributed by atoms with van der Waals surface area (Å²) in [4.78, 5) is 29.3. The molecule has 1 spiro atoms. The number of H-pyrrole nitrogens is 1. The summed E-state index contributed by atoms with van der Waals surface area (Å²) in [6.07, 6.45) is -0.104. The molecule has 2 aromatic rings. The second-order valence-electron chi connectivity index (χ2n) is 8.16. The lowest BCUT2D eigenvalue weighted by molar-refractivity contribution is -0.121. The lowest BCUT2D eigenvalue weighted by Crippen LogP contribution is -2.43. The molecule has 3 N–H and O–H groups in total. The summed E-state index contributed by atoms with van der Waals surface area (Å²) in [5, 5.41) is 0.703. The number of fused-ring (bicyclic) bond motifs is 1. The van der Waals surface area contributed by atoms with Crippen molar-refractivity contribution in [3.05, 3.63) is 30.0 Å². The first-order valence-electron chi connectivity index (χ1n) is 9.28. The first-order valence-corrected chi connectivity index (χ1v) is 9.28. The highest BCUT2D eigenvalue weighted by molar-refractivity contribution is 6.01. The van der Waals surface area contributed by atoms with Crippen molar-refractivity contribution in [2.45, 2.75) is 32.2 Å². The molecule has 1 aliphatic heterocycles. The van der Waals surface area contributed by atoms with Gasteiger partial charge in [0.05, 0.1) is 12.5 Å². The Morgan fingerprint density at radius 3 is 2.64 bits per heavy atom. The quantitative estimate of drug-likeness (QED) is 0.840. The third-order valence-electron chi connectivity index (χ3n) is 6.28. The highest BCUT2D eigenvalue weighted by Gasteiger charge is 2.83. The number of aromatic amines is 1. The SMILES string of the molecule is COc1cccc2[nH]c(C(=O)N3CC4(CC3C(N)=O)C(C(C)C)C4(F)F)cc12. The number of nitrogens with zero attached hydrogens (tertiary/aromatic N) is 1. The number of rotatable bonds is 4. The Bertz CT molecular complexity index is 971. The van der Waals surface area contributed by atoms with Crippen LogP contribution in [0.25, 0.3) is 10.9 Å². The van der Waals surface area contributed by atoms with Crippen molar-refractivity contribution in [1.82, 2.24) is 9.88 Å². The van der Waals surface area contributed by atoms with Crippen molar-refractivity contribution in [2.75, 3.05) is 13.7 Å². The third-order valence-corrected chi connectivity index (χ3v) is 6.28. The molecule has 28 heavy (non-hydrogen) atoms. The predicted octanol–water partition coefficient (Wildman–Crippen LogP) is 2.78. The topological polar surface area (TPSA) is 88.4 Å². The van der Waals surface area contributed by atoms with Gasteiger partial charge in [0.1, 0.15) is 17.5 Å². The number of benzene rings is 1. The van der Waals surface area contributed by atoms with Crippen molar-refractivity contribution in [3.8, 4) is 5.75 Å². The molecule has 3 atom stereocenters. The second kappa shape index (κ2) is 5.93. The maximum Gasteiger partial charge on any atom is 0.271 e. The summed E-state index contributed by atoms with van der Waals surface area (Å²) in [7, 11) is 1.53. The molecule has 1 saturated heterocycles. The molecule has 1 aromatic heterocycles. The molecule has 150 valence electrons. The highest BCUT2D eigenvalue weighted by atomic mass is 19.3. The van der Waals surface area contributed by atoms with Crippen LogP contribution in [0.3, 0.4) is 0 Å². The van der Waals surface area contributed by atoms with E-state index in [0.717, 1.165) is 0 Å². The minimum absolute atomic E-state index is 0.104. The molecule has 2 fully saturated rings. The van der Waals surface area contributed by atoms with E-state index in [0.29, 0.717) is 16.7 Å². The van der Waals surface area contributed by atoms with E-state index in [2.05, 4.69) is 4.98 Å². The number of hydrogen-bond acceptors (Lipinski definition) is 3. The van der Waals surface area contributed by atoms with E-state index in [1.54, 1.807) is 38.1 Å². The van der Waals surface area contributed by atoms with E-state index in [1.165, 1.54) is 12.0 Å². The minimum Gasteiger partial charge on any atom is -0.496 e. The number of hydrogen-bond donors (Lipinski definition) is 2. The van der Waals surface area contributed by atoms with Gasteiger partial charge in [0, 0.05) is 23.4 Å². The standard InChI is InChI=1S/C20H23F2N3O3/c1-10(2)16-19(20(16,21)22)8-14(17(23)26)25(9-19)18(27)13-7-11-12(24-13)5-4-6-15(11)28-3/h4-7,10,14,16,24H,8-9H2,1-3H3,(H2,23,26). The third kappa shape index (κ3) is 2.36. The zero-order chi connectivity index (χ0) is 20.4. The largest absolute Gasteiger partial charge is 0.496 e. The number of halogens is 2. The predicted molar refractivity (Wildman–Crippen MR) is 99.2 cm³/mol. The Hall–Kier alpha value is -2.64. The number of likely N-dealkylation sites (tertiary alicyclic amines) is 1. The number of nitrogens with two attached hydrogens (primary N) is 1. The van der Waals surface area contributed by atoms with E-state index >= 15 is 0 Å². The Morgan fingerprint density at radius 1 is 1.36 bits per heavy atom. The number of nitrogens with one attached hydrogen (secondary N) is 1. The van der Waals surface area contributed by atoms with Gasteiger partial charge in [0.25, 0.3) is 11.8 Å². The van der Waals surface area contributed by atoms with Gasteiger partial charge in [-0.2, -0.15) is 0 Å². The van der Waals surface area contributed by atoms with Crippen molar-refractivity contribution < 1.29 is 23.1 Å². The maximum atomic E-state index is 14.6. The fraction of sp³-hybridized carbons (Fsp3) is 0.500. The van der Waals surface area contributed by atoms with Crippen LogP contribution in [0.4, 0.5) is 8.78 Å². The summed E-state index contributed by atoms with van der Waals surface area (Å²) in [5.74, 6) is -4.70. The number of alkyl halides is 2. The summed E-state index contributed by atoms with van der Waals surface area (Å²) in [5.41, 5.74) is 5.00. The van der Waals surface area contributed by atoms with Gasteiger partial charge in [-0.05, 0) is 30.5 Å². The van der Waals surface area contributed by atoms with Gasteiger partial charge >= 0.3 is 0 Å². The molecule has 1 saturated carbocycles. The first-order chi connectivity index (χ1) is 13.1. The molecular formula is C20H23F2N3O3. The van der Waals surface area contributed by atoms with Gasteiger partial charge in [-0.15, -0.1) is 0 Å². The van der Waals surface area contributed by atoms with Crippen molar-refractivity contribution in [2.24, 2.45) is 23.0 Å². The number of carbonyl (C=O) groups excluding carboxylic acids is 2. The summed E-state index contributed by atoms with van der Waals surface area (Å²) in [6.45, 7) is 3.30. The van der Waals surface area contributed by atoms with Crippen LogP contribution in [0.2, 0.25) is 0 Å². The molecule has 2 heterocycles. The van der Waals surface area contributed by atoms with Gasteiger partial charge in [0.15, 0.2) is 0 Å². The summed E-state index contributed by atoms with van der Waals surface area (Å²) >= 11 is 0. The van der Waals surface area contributed by atoms with Gasteiger partial charge in [-0.25, -0.2) is 8.78 Å². The van der Waals surface area contributed by atoms with E-state index in [9.17, 15) is 18.4 Å². The monoisotopic (exact) mass is 391 g/mol. The van der Waals surface area contributed by atoms with Crippen molar-refractivity contribution >= 4 is 22.7 Å². The number of ether oxygens (including phenoxy) is 1. The summed E-state index contributed by atoms with van der Waals surface area (Å²) < 4.78 is 34.6. The van der Waals surface area contributed by atoms with Crippen LogP contribution >= 0.6 is 0 Å². The van der Waals surface area contributed by atoms with Crippen LogP contribution in [-0.4, -0.2) is 47.3 Å². The number of amides is 2. The fourth-order valence-electron chi connectivity index (χ4n) is 5.04. The molecule has 6 nitrogen and oxygen atoms in total. The average molecular weight is 391 g/mol. The average Bonchev–Trinajstić information content (AvgIpc) is 3.02. The van der Waals surface area contributed by atoms with E-state index < -0.39 is 35.1 Å². The van der Waals surface area contributed by atoms with Crippen LogP contribution in [0, 0.1) is 17.3 Å². The molecule has 1 aromatic carbocycles. The van der Waals surface area contributed by atoms with E-state index in [4.69, 9.17) is 10.5 Å². The molecule has 2 aliphatic rings. The summed E-state index contributed by atoms with van der Waals surface area (Å²) in [6, 6.07) is 5.90. The first kappa shape index (κ1) is 18.7. The zero-order valence-electron chi connectivity index (χ0n) is 16.0. The molecule has 2 amide bonds. The molecule has 8 heteroatoms. The number of primary amides is 1. The lowest BCUT2D eigenvalue weighted by Gasteiger charge is -2.21. The normalized spacial score (nSPS) is 28.3. The Morgan fingerprint density at radius 2 is 2.07 bits per heavy atom. The van der Waals surface area contributed by atoms with Crippen molar-refractivity contribution in [1.29, 1.82) is 0 Å². The van der Waals surface area contributed by atoms with Crippen LogP contribution in [0.15, 0.2) is 24.3 Å². The zero-order valence-corrected chi connectivity index (χ0v) is 16.0. The van der Waals surface area contributed by atoms with Gasteiger partial charge in [-0.3, -0.25) is 9.59 Å². The Balaban J connectivity index is 1.70. The van der Waals surface area contributed by atoms with Gasteiger partial charge < -0.3 is 20.4 Å². The highest BCUT2D eigenvalue weighted by Crippen LogP contribution is 2.73. The van der Waals surface area contributed by atoms with Crippen molar-refractivity contribution in [3.63, 3.8) is 0 Å². The lowest BCUT2D eigenvalue weighted by atomic mass is 9.94. The van der Waals surface area contributed by atoms with E-state index in [-0.39, 0.29) is 24.6 Å². The number of aromatic nitrogens is 1. The van der Waals surface area contributed by atoms with Gasteiger partial charge in [0.2, 0.25) is 5.91 Å². The van der Waals surface area contributed by atoms with Gasteiger partial charge in [-0.1, -0.05) is 19.9 Å². The number of carbonyl (C=O) groups is 2. The molecule has 1 aliphatic carbocycles. The number of methoxy groups -OCH3 is 1. The smallest absolute Gasteiger partial charge is 0.271 e. The molecule has 0 radical (unpaired) electrons. The second-order valence-corrected chi connectivity index (χ2v) is 8.16. The fourth-order valence-corrected chi connectivity index (χ4v) is 5.04. The van der Waals surface area contributed by atoms with Crippen LogP contribution in [-0.2, 0) is 4.79 Å². The maximum absolute atomic E-state index is 14.6. The van der Waals surface area contributed by atoms with Crippen LogP contribution < -0.4 is 10.5 Å². The molecule has 4 rings (SSSR count). The Kier molecular flexibility index (Phi) is 3.96. The van der Waals surface area contributed by atoms with Crippen LogP contribution in [0.5, 0.6) is 5.75 Å². The molecule has 0 bridgehead atoms.